The van der Waals surface area contributed by atoms with Gasteiger partial charge in [-0.2, -0.15) is 0 Å². The van der Waals surface area contributed by atoms with Crippen LogP contribution in [0.4, 0.5) is 0 Å². The van der Waals surface area contributed by atoms with Gasteiger partial charge in [0.05, 0.1) is 6.10 Å². The fourth-order valence-electron chi connectivity index (χ4n) is 0.913. The van der Waals surface area contributed by atoms with Crippen LogP contribution in [0.2, 0.25) is 0 Å². The second kappa shape index (κ2) is 3.94. The molecule has 13 heavy (non-hydrogen) atoms. The summed E-state index contributed by atoms with van der Waals surface area (Å²) in [6, 6.07) is 5.83. The molecule has 0 aromatic heterocycles. The summed E-state index contributed by atoms with van der Waals surface area (Å²) >= 11 is 0. The molecule has 0 radical (unpaired) electrons. The van der Waals surface area contributed by atoms with E-state index in [2.05, 4.69) is 0 Å². The Balaban J connectivity index is 3.07. The summed E-state index contributed by atoms with van der Waals surface area (Å²) in [7, 11) is 0. The smallest absolute Gasteiger partial charge is 0.223 e. The highest BCUT2D eigenvalue weighted by Gasteiger charge is 1.98. The Morgan fingerprint density at radius 2 is 2.08 bits per heavy atom. The van der Waals surface area contributed by atoms with E-state index in [1.54, 1.807) is 12.1 Å². The predicted octanol–water partition coefficient (Wildman–Crippen LogP) is 1.54. The van der Waals surface area contributed by atoms with E-state index in [4.69, 9.17) is 9.84 Å². The third-order valence-corrected chi connectivity index (χ3v) is 1.41. The molecule has 1 aromatic carbocycles. The van der Waals surface area contributed by atoms with Gasteiger partial charge in [-0.25, -0.2) is 0 Å². The Kier molecular flexibility index (Phi) is 2.90. The maximum atomic E-state index is 11.1. The fourth-order valence-corrected chi connectivity index (χ4v) is 0.913. The molecule has 1 rings (SSSR count). The van der Waals surface area contributed by atoms with Gasteiger partial charge in [0.25, 0.3) is 0 Å². The summed E-state index contributed by atoms with van der Waals surface area (Å²) < 4.78 is 5.30. The first-order valence-corrected chi connectivity index (χ1v) is 4.09. The predicted molar refractivity (Wildman–Crippen MR) is 50.1 cm³/mol. The van der Waals surface area contributed by atoms with Crippen LogP contribution in [0.1, 0.15) is 13.8 Å². The van der Waals surface area contributed by atoms with Crippen molar-refractivity contribution >= 4 is 0 Å². The van der Waals surface area contributed by atoms with E-state index in [0.29, 0.717) is 5.75 Å². The van der Waals surface area contributed by atoms with Gasteiger partial charge in [0, 0.05) is 6.07 Å². The number of aromatic hydroxyl groups is 1. The molecule has 0 saturated heterocycles. The van der Waals surface area contributed by atoms with Crippen LogP contribution in [0.25, 0.3) is 0 Å². The van der Waals surface area contributed by atoms with Gasteiger partial charge >= 0.3 is 0 Å². The van der Waals surface area contributed by atoms with E-state index >= 15 is 0 Å². The van der Waals surface area contributed by atoms with E-state index in [9.17, 15) is 4.79 Å². The maximum Gasteiger partial charge on any atom is 0.223 e. The van der Waals surface area contributed by atoms with Gasteiger partial charge in [-0.15, -0.1) is 0 Å². The molecule has 0 heterocycles. The Bertz CT molecular complexity index is 344. The molecule has 0 spiro atoms. The van der Waals surface area contributed by atoms with Gasteiger partial charge < -0.3 is 9.84 Å². The Morgan fingerprint density at radius 1 is 1.38 bits per heavy atom. The van der Waals surface area contributed by atoms with Crippen molar-refractivity contribution in [3.05, 3.63) is 34.5 Å². The van der Waals surface area contributed by atoms with Crippen LogP contribution >= 0.6 is 0 Å². The largest absolute Gasteiger partial charge is 0.504 e. The van der Waals surface area contributed by atoms with E-state index in [-0.39, 0.29) is 11.9 Å². The SMILES string of the molecule is CC(C)Oc1cccc(O)c(=O)c1. The molecule has 1 aromatic rings. The van der Waals surface area contributed by atoms with E-state index < -0.39 is 5.43 Å². The minimum absolute atomic E-state index is 0.0175. The van der Waals surface area contributed by atoms with E-state index in [1.165, 1.54) is 12.1 Å². The average molecular weight is 180 g/mol. The summed E-state index contributed by atoms with van der Waals surface area (Å²) in [5, 5.41) is 9.07. The Hall–Kier alpha value is -1.51. The minimum Gasteiger partial charge on any atom is -0.504 e. The quantitative estimate of drug-likeness (QED) is 0.750. The third-order valence-electron chi connectivity index (χ3n) is 1.41. The summed E-state index contributed by atoms with van der Waals surface area (Å²) in [5.41, 5.74) is -0.430. The number of ether oxygens (including phenoxy) is 1. The van der Waals surface area contributed by atoms with Gasteiger partial charge in [-0.1, -0.05) is 6.07 Å². The van der Waals surface area contributed by atoms with Crippen molar-refractivity contribution in [1.29, 1.82) is 0 Å². The summed E-state index contributed by atoms with van der Waals surface area (Å²) in [4.78, 5) is 11.1. The lowest BCUT2D eigenvalue weighted by molar-refractivity contribution is 0.242. The molecular formula is C10H12O3. The number of hydrogen-bond acceptors (Lipinski definition) is 3. The lowest BCUT2D eigenvalue weighted by Gasteiger charge is -2.06. The van der Waals surface area contributed by atoms with Crippen LogP contribution in [0.5, 0.6) is 11.5 Å². The second-order valence-electron chi connectivity index (χ2n) is 2.99. The highest BCUT2D eigenvalue weighted by molar-refractivity contribution is 5.27. The van der Waals surface area contributed by atoms with Gasteiger partial charge in [0.15, 0.2) is 5.75 Å². The molecule has 0 aliphatic carbocycles. The van der Waals surface area contributed by atoms with Crippen molar-refractivity contribution in [1.82, 2.24) is 0 Å². The normalized spacial score (nSPS) is 10.1. The molecule has 0 fully saturated rings. The third kappa shape index (κ3) is 2.78. The Labute approximate surface area is 76.6 Å². The second-order valence-corrected chi connectivity index (χ2v) is 2.99. The zero-order valence-electron chi connectivity index (χ0n) is 7.65. The standard InChI is InChI=1S/C10H12O3/c1-7(2)13-8-4-3-5-9(11)10(12)6-8/h3-7H,1-2H3,(H,11,12). The van der Waals surface area contributed by atoms with E-state index in [1.807, 2.05) is 13.8 Å². The topological polar surface area (TPSA) is 46.5 Å². The first-order chi connectivity index (χ1) is 6.09. The van der Waals surface area contributed by atoms with Crippen molar-refractivity contribution in [3.8, 4) is 11.5 Å². The summed E-state index contributed by atoms with van der Waals surface area (Å²) in [6.45, 7) is 3.74. The summed E-state index contributed by atoms with van der Waals surface area (Å²) in [6.07, 6.45) is 0.0175. The molecule has 0 atom stereocenters. The van der Waals surface area contributed by atoms with E-state index in [0.717, 1.165) is 0 Å². The maximum absolute atomic E-state index is 11.1. The molecule has 0 aliphatic rings. The van der Waals surface area contributed by atoms with Crippen LogP contribution < -0.4 is 10.2 Å². The van der Waals surface area contributed by atoms with Gasteiger partial charge in [0.1, 0.15) is 5.75 Å². The average Bonchev–Trinajstić information content (AvgIpc) is 2.14. The first kappa shape index (κ1) is 9.58. The van der Waals surface area contributed by atoms with Gasteiger partial charge in [-0.3, -0.25) is 4.79 Å². The molecule has 3 nitrogen and oxygen atoms in total. The molecule has 0 unspecified atom stereocenters. The lowest BCUT2D eigenvalue weighted by atomic mass is 10.4. The van der Waals surface area contributed by atoms with Gasteiger partial charge in [0.2, 0.25) is 5.43 Å². The van der Waals surface area contributed by atoms with Crippen molar-refractivity contribution in [2.45, 2.75) is 20.0 Å². The highest BCUT2D eigenvalue weighted by Crippen LogP contribution is 2.10. The van der Waals surface area contributed by atoms with Gasteiger partial charge in [-0.05, 0) is 26.0 Å². The van der Waals surface area contributed by atoms with Crippen LogP contribution in [0, 0.1) is 0 Å². The molecule has 0 bridgehead atoms. The molecule has 1 N–H and O–H groups in total. The molecule has 0 saturated carbocycles. The van der Waals surface area contributed by atoms with Crippen molar-refractivity contribution < 1.29 is 9.84 Å². The molecule has 70 valence electrons. The monoisotopic (exact) mass is 180 g/mol. The lowest BCUT2D eigenvalue weighted by Crippen LogP contribution is -2.06. The minimum atomic E-state index is -0.430. The van der Waals surface area contributed by atoms with Crippen LogP contribution in [0.15, 0.2) is 29.1 Å². The molecule has 3 heteroatoms. The fraction of sp³-hybridized carbons (Fsp3) is 0.300. The molecule has 0 amide bonds. The molecule has 0 aliphatic heterocycles. The highest BCUT2D eigenvalue weighted by atomic mass is 16.5. The summed E-state index contributed by atoms with van der Waals surface area (Å²) in [5.74, 6) is 0.207. The van der Waals surface area contributed by atoms with Crippen molar-refractivity contribution in [2.24, 2.45) is 0 Å². The van der Waals surface area contributed by atoms with Crippen LogP contribution in [-0.2, 0) is 0 Å². The Morgan fingerprint density at radius 3 is 2.69 bits per heavy atom. The molecular weight excluding hydrogens is 168 g/mol. The van der Waals surface area contributed by atoms with Crippen molar-refractivity contribution in [3.63, 3.8) is 0 Å². The number of hydrogen-bond donors (Lipinski definition) is 1. The zero-order chi connectivity index (χ0) is 9.84. The number of rotatable bonds is 2. The van der Waals surface area contributed by atoms with Crippen LogP contribution in [0.3, 0.4) is 0 Å². The van der Waals surface area contributed by atoms with Crippen LogP contribution in [-0.4, -0.2) is 11.2 Å². The van der Waals surface area contributed by atoms with Crippen molar-refractivity contribution in [2.75, 3.05) is 0 Å². The zero-order valence-corrected chi connectivity index (χ0v) is 7.65. The first-order valence-electron chi connectivity index (χ1n) is 4.09.